The molecule has 6 bridgehead atoms. The van der Waals surface area contributed by atoms with Crippen LogP contribution in [0.3, 0.4) is 0 Å². The molecule has 0 unspecified atom stereocenters. The maximum absolute atomic E-state index is 15.0. The van der Waals surface area contributed by atoms with Gasteiger partial charge in [-0.3, -0.25) is 29.3 Å². The zero-order chi connectivity index (χ0) is 58.6. The number of amides is 2. The molecule has 0 saturated carbocycles. The van der Waals surface area contributed by atoms with Crippen LogP contribution in [-0.4, -0.2) is 142 Å². The van der Waals surface area contributed by atoms with E-state index >= 15 is 0 Å². The fraction of sp³-hybridized carbons (Fsp3) is 0.508. The number of methoxy groups -OCH3 is 1. The average Bonchev–Trinajstić information content (AvgIpc) is 4.24. The number of cyclic esters (lactones) is 1. The minimum absolute atomic E-state index is 0.0384. The molecular weight excluding hydrogens is 1040 g/mol. The van der Waals surface area contributed by atoms with E-state index in [1.54, 1.807) is 44.6 Å². The number of pyridine rings is 1. The molecule has 4 aliphatic rings. The second-order valence-electron chi connectivity index (χ2n) is 23.8. The molecule has 3 saturated heterocycles. The summed E-state index contributed by atoms with van der Waals surface area (Å²) in [4.78, 5) is 66.3. The molecule has 6 heterocycles. The number of piperidine rings is 1. The molecule has 19 heteroatoms. The highest BCUT2D eigenvalue weighted by Gasteiger charge is 2.48. The molecular formula is C63H79N10O9+. The van der Waals surface area contributed by atoms with Gasteiger partial charge in [-0.15, -0.1) is 5.01 Å². The van der Waals surface area contributed by atoms with Crippen LogP contribution >= 0.6 is 0 Å². The highest BCUT2D eigenvalue weighted by Crippen LogP contribution is 2.43. The number of carbonyl (C=O) groups excluding carboxylic acids is 3. The molecule has 0 radical (unpaired) electrons. The number of anilines is 1. The molecule has 6 N–H and O–H groups in total. The first-order valence-electron chi connectivity index (χ1n) is 28.7. The topological polar surface area (TPSA) is 241 Å². The summed E-state index contributed by atoms with van der Waals surface area (Å²) in [5.41, 5.74) is 16.5. The van der Waals surface area contributed by atoms with Gasteiger partial charge >= 0.3 is 12.2 Å². The van der Waals surface area contributed by atoms with Crippen molar-refractivity contribution < 1.29 is 43.7 Å². The Hall–Kier alpha value is -7.39. The lowest BCUT2D eigenvalue weighted by molar-refractivity contribution is -0.763. The Morgan fingerprint density at radius 2 is 1.80 bits per heavy atom. The summed E-state index contributed by atoms with van der Waals surface area (Å²) in [5, 5.41) is 37.9. The third-order valence-electron chi connectivity index (χ3n) is 16.9. The number of hydrogen-bond acceptors (Lipinski definition) is 14. The summed E-state index contributed by atoms with van der Waals surface area (Å²) in [5.74, 6) is 4.42. The number of hydrazine groups is 2. The standard InChI is InChI=1S/C63H78N10O9/c1-9-71-54-19-16-44-33-49(54)51(57(71)50-30-41(35-66-55(50)40(4)80-8)12-10-23-70-25-21-63(36-64,37-74)22-26-70)34-62(5,6)38-82-61(78)52-13-11-24-72(68-52)59(77)53(31-42-28-45(44)32-47(75)29-42)67-58(76)56(39(2)3)69(7)73(79)60-48(20-27-81-60)43-14-17-46(65)18-15-43/h14-19,28-30,32-33,35,39-40,48,52-53,56,60,68,74H,9,11,13,20-27,31,34,37-38,65H2,1-8H3,(H-,67,75,76)/p+1/t40-,48+,52-,53-,56-,60+/m0/s1. The van der Waals surface area contributed by atoms with E-state index in [-0.39, 0.29) is 37.8 Å². The van der Waals surface area contributed by atoms with Gasteiger partial charge in [0.2, 0.25) is 5.91 Å². The number of hydrogen-bond donors (Lipinski definition) is 5. The number of aromatic nitrogens is 2. The van der Waals surface area contributed by atoms with E-state index in [4.69, 9.17) is 24.9 Å². The molecule has 82 heavy (non-hydrogen) atoms. The average molecular weight is 1120 g/mol. The summed E-state index contributed by atoms with van der Waals surface area (Å²) in [6.45, 7) is 14.8. The second kappa shape index (κ2) is 25.0. The van der Waals surface area contributed by atoms with Crippen molar-refractivity contribution in [2.24, 2.45) is 16.7 Å². The molecule has 3 aromatic carbocycles. The molecule has 434 valence electrons. The van der Waals surface area contributed by atoms with Gasteiger partial charge in [0.15, 0.2) is 10.9 Å². The van der Waals surface area contributed by atoms with Crippen LogP contribution in [0.5, 0.6) is 5.75 Å². The van der Waals surface area contributed by atoms with Gasteiger partial charge in [-0.2, -0.15) is 5.26 Å². The molecule has 4 aliphatic heterocycles. The Labute approximate surface area is 480 Å². The zero-order valence-electron chi connectivity index (χ0n) is 48.5. The van der Waals surface area contributed by atoms with Crippen LogP contribution < -0.4 is 16.5 Å². The van der Waals surface area contributed by atoms with Gasteiger partial charge in [-0.05, 0) is 129 Å². The van der Waals surface area contributed by atoms with Crippen molar-refractivity contribution in [1.82, 2.24) is 35.2 Å². The number of likely N-dealkylation sites (tertiary alicyclic amines) is 1. The first-order chi connectivity index (χ1) is 39.3. The summed E-state index contributed by atoms with van der Waals surface area (Å²) < 4.78 is 20.5. The molecule has 5 aromatic rings. The van der Waals surface area contributed by atoms with Gasteiger partial charge < -0.3 is 40.0 Å². The van der Waals surface area contributed by atoms with Crippen LogP contribution in [0.2, 0.25) is 0 Å². The van der Waals surface area contributed by atoms with Gasteiger partial charge in [0.1, 0.15) is 17.8 Å². The molecule has 3 fully saturated rings. The molecule has 9 rings (SSSR count). The van der Waals surface area contributed by atoms with Crippen molar-refractivity contribution in [3.05, 3.63) is 106 Å². The van der Waals surface area contributed by atoms with Crippen LogP contribution in [0.1, 0.15) is 114 Å². The number of esters is 1. The number of fused-ring (bicyclic) bond motifs is 6. The minimum Gasteiger partial charge on any atom is -0.508 e. The number of nitrogens with zero attached hydrogens (tertiary/aromatic N) is 7. The Balaban J connectivity index is 1.10. The number of likely N-dealkylation sites (N-methyl/N-ethyl adjacent to an activating group) is 1. The van der Waals surface area contributed by atoms with Crippen molar-refractivity contribution in [1.29, 1.82) is 5.26 Å². The number of nitriles is 1. The minimum atomic E-state index is -1.21. The Morgan fingerprint density at radius 3 is 2.50 bits per heavy atom. The van der Waals surface area contributed by atoms with E-state index in [0.29, 0.717) is 93.7 Å². The van der Waals surface area contributed by atoms with Crippen LogP contribution in [-0.2, 0) is 48.0 Å². The van der Waals surface area contributed by atoms with Crippen LogP contribution in [0.4, 0.5) is 5.69 Å². The number of aliphatic hydroxyl groups excluding tert-OH is 1. The van der Waals surface area contributed by atoms with Crippen LogP contribution in [0, 0.1) is 44.8 Å². The largest absolute Gasteiger partial charge is 0.508 e. The van der Waals surface area contributed by atoms with E-state index < -0.39 is 65.0 Å². The van der Waals surface area contributed by atoms with Crippen molar-refractivity contribution in [3.63, 3.8) is 0 Å². The Morgan fingerprint density at radius 1 is 1.05 bits per heavy atom. The second-order valence-corrected chi connectivity index (χ2v) is 23.8. The monoisotopic (exact) mass is 1120 g/mol. The molecule has 6 atom stereocenters. The van der Waals surface area contributed by atoms with Crippen LogP contribution in [0.25, 0.3) is 33.3 Å². The number of aryl methyl sites for hydroxylation is 1. The predicted octanol–water partition coefficient (Wildman–Crippen LogP) is 7.16. The molecule has 0 spiro atoms. The van der Waals surface area contributed by atoms with Crippen LogP contribution in [0.15, 0.2) is 72.9 Å². The summed E-state index contributed by atoms with van der Waals surface area (Å²) in [6, 6.07) is 20.0. The number of nitroso groups, excluding NO2 is 1. The van der Waals surface area contributed by atoms with Gasteiger partial charge in [-0.1, -0.05) is 63.8 Å². The maximum atomic E-state index is 15.0. The van der Waals surface area contributed by atoms with Gasteiger partial charge in [0, 0.05) is 79.0 Å². The molecule has 0 aliphatic carbocycles. The smallest absolute Gasteiger partial charge is 0.344 e. The number of rotatable bonds is 13. The third-order valence-corrected chi connectivity index (χ3v) is 16.9. The number of carbonyl (C=O) groups is 3. The number of nitrogens with two attached hydrogens (primary N) is 1. The number of aromatic hydroxyl groups is 1. The highest BCUT2D eigenvalue weighted by molar-refractivity contribution is 5.96. The summed E-state index contributed by atoms with van der Waals surface area (Å²) >= 11 is 0. The van der Waals surface area contributed by atoms with Crippen molar-refractivity contribution in [2.45, 2.75) is 129 Å². The lowest BCUT2D eigenvalue weighted by Gasteiger charge is -2.36. The predicted molar refractivity (Wildman–Crippen MR) is 311 cm³/mol. The number of nitrogen functional groups attached to an aromatic ring is 1. The lowest BCUT2D eigenvalue weighted by Crippen LogP contribution is -2.62. The Bertz CT molecular complexity index is 3300. The fourth-order valence-corrected chi connectivity index (χ4v) is 12.2. The maximum Gasteiger partial charge on any atom is 0.344 e. The first kappa shape index (κ1) is 59.2. The van der Waals surface area contributed by atoms with E-state index in [9.17, 15) is 34.8 Å². The van der Waals surface area contributed by atoms with E-state index in [0.717, 1.165) is 49.4 Å². The quantitative estimate of drug-likeness (QED) is 0.0258. The number of nitrogens with one attached hydrogen (secondary N) is 2. The number of aliphatic hydroxyl groups is 1. The van der Waals surface area contributed by atoms with Crippen molar-refractivity contribution >= 4 is 34.4 Å². The lowest BCUT2D eigenvalue weighted by atomic mass is 9.81. The van der Waals surface area contributed by atoms with Crippen molar-refractivity contribution in [3.8, 4) is 46.0 Å². The van der Waals surface area contributed by atoms with Gasteiger partial charge in [0.05, 0.1) is 73.2 Å². The van der Waals surface area contributed by atoms with E-state index in [1.165, 1.54) is 10.0 Å². The van der Waals surface area contributed by atoms with Crippen molar-refractivity contribution in [2.75, 3.05) is 65.9 Å². The number of phenols is 1. The van der Waals surface area contributed by atoms with E-state index in [2.05, 4.69) is 77.1 Å². The molecule has 2 amide bonds. The third kappa shape index (κ3) is 12.6. The zero-order valence-corrected chi connectivity index (χ0v) is 48.5. The SMILES string of the molecule is CCn1c(-c2cc(C#CCN3CCC(C#N)(CO)CC3)cnc2[C@H](C)OC)c2c3cc(ccc31)-c1cc(O)cc(c1)C[C@H](NC(=O)[C@H](C(C)C)N(C)[N+](=O)[C@@H]1OCC[C@@H]1c1ccc(N)cc1)C(=O)N1CCC[C@H](N1)C(=O)OCC(C)(C)C2. The number of ether oxygens (including phenoxy) is 3. The fourth-order valence-electron chi connectivity index (χ4n) is 12.2. The Kier molecular flexibility index (Phi) is 18.1. The number of phenolic OH excluding ortho intramolecular Hbond substituents is 1. The summed E-state index contributed by atoms with van der Waals surface area (Å²) in [7, 11) is 3.21. The highest BCUT2D eigenvalue weighted by atomic mass is 16.5. The normalized spacial score (nSPS) is 21.8. The van der Waals surface area contributed by atoms with E-state index in [1.807, 2.05) is 45.0 Å². The summed E-state index contributed by atoms with van der Waals surface area (Å²) in [6.07, 6.45) is 3.51. The molecule has 2 aromatic heterocycles. The van der Waals surface area contributed by atoms with Gasteiger partial charge in [-0.25, -0.2) is 5.43 Å². The molecule has 19 nitrogen and oxygen atoms in total. The number of benzene rings is 3. The van der Waals surface area contributed by atoms with Gasteiger partial charge in [0.25, 0.3) is 5.91 Å². The first-order valence-corrected chi connectivity index (χ1v) is 28.7.